The molecule has 1 atom stereocenters. The molecule has 0 heterocycles. The van der Waals surface area contributed by atoms with Crippen LogP contribution < -0.4 is 29.4 Å². The van der Waals surface area contributed by atoms with Crippen molar-refractivity contribution in [3.05, 3.63) is 77.4 Å². The quantitative estimate of drug-likeness (QED) is 0.307. The van der Waals surface area contributed by atoms with Crippen LogP contribution in [0.5, 0.6) is 28.7 Å². The molecule has 0 bridgehead atoms. The van der Waals surface area contributed by atoms with E-state index in [0.29, 0.717) is 41.6 Å². The molecule has 0 amide bonds. The van der Waals surface area contributed by atoms with E-state index >= 15 is 0 Å². The Kier molecular flexibility index (Phi) is 9.34. The summed E-state index contributed by atoms with van der Waals surface area (Å²) in [5, 5.41) is 0. The number of rotatable bonds is 12. The molecule has 0 saturated heterocycles. The molecule has 3 aromatic rings. The Morgan fingerprint density at radius 2 is 1.46 bits per heavy atom. The smallest absolute Gasteiger partial charge is 0.328 e. The second-order valence-corrected chi connectivity index (χ2v) is 7.68. The number of hydrogen-bond acceptors (Lipinski definition) is 8. The highest BCUT2D eigenvalue weighted by atomic mass is 16.6. The van der Waals surface area contributed by atoms with Gasteiger partial charge in [-0.25, -0.2) is 4.79 Å². The van der Waals surface area contributed by atoms with Crippen LogP contribution in [-0.2, 0) is 29.2 Å². The summed E-state index contributed by atoms with van der Waals surface area (Å²) in [5.41, 5.74) is 8.59. The van der Waals surface area contributed by atoms with E-state index in [1.165, 1.54) is 14.2 Å². The zero-order chi connectivity index (χ0) is 25.2. The SMILES string of the molecule is COc1ccc(COCc2ccc(OC)c(OC(=O)C(N)Cc3ccccc3)c2OC)c(OC)c1. The summed E-state index contributed by atoms with van der Waals surface area (Å²) in [6, 6.07) is 17.7. The lowest BCUT2D eigenvalue weighted by atomic mass is 10.1. The maximum absolute atomic E-state index is 12.8. The largest absolute Gasteiger partial charge is 0.497 e. The van der Waals surface area contributed by atoms with Crippen molar-refractivity contribution in [1.29, 1.82) is 0 Å². The summed E-state index contributed by atoms with van der Waals surface area (Å²) in [5.74, 6) is 1.61. The zero-order valence-corrected chi connectivity index (χ0v) is 20.4. The Hall–Kier alpha value is -3.75. The van der Waals surface area contributed by atoms with E-state index in [4.69, 9.17) is 34.2 Å². The van der Waals surface area contributed by atoms with Crippen LogP contribution in [0.1, 0.15) is 16.7 Å². The standard InChI is InChI=1S/C27H31NO7/c1-30-21-12-10-19(24(15-21)32-3)16-34-17-20-11-13-23(31-2)26(25(20)33-4)35-27(29)22(28)14-18-8-6-5-7-9-18/h5-13,15,22H,14,16-17,28H2,1-4H3. The van der Waals surface area contributed by atoms with Crippen LogP contribution in [0.25, 0.3) is 0 Å². The van der Waals surface area contributed by atoms with E-state index in [9.17, 15) is 4.79 Å². The topological polar surface area (TPSA) is 98.5 Å². The van der Waals surface area contributed by atoms with Gasteiger partial charge in [0.25, 0.3) is 0 Å². The maximum atomic E-state index is 12.8. The van der Waals surface area contributed by atoms with E-state index in [0.717, 1.165) is 11.1 Å². The lowest BCUT2D eigenvalue weighted by Gasteiger charge is -2.18. The first-order valence-electron chi connectivity index (χ1n) is 11.0. The average Bonchev–Trinajstić information content (AvgIpc) is 2.89. The van der Waals surface area contributed by atoms with Crippen molar-refractivity contribution in [3.8, 4) is 28.7 Å². The number of methoxy groups -OCH3 is 4. The van der Waals surface area contributed by atoms with Gasteiger partial charge in [0.1, 0.15) is 17.5 Å². The molecular formula is C27H31NO7. The van der Waals surface area contributed by atoms with Gasteiger partial charge in [-0.05, 0) is 36.2 Å². The third-order valence-corrected chi connectivity index (χ3v) is 5.39. The van der Waals surface area contributed by atoms with Crippen molar-refractivity contribution in [2.45, 2.75) is 25.7 Å². The van der Waals surface area contributed by atoms with Crippen LogP contribution in [-0.4, -0.2) is 40.5 Å². The molecule has 0 aliphatic heterocycles. The van der Waals surface area contributed by atoms with Crippen LogP contribution in [0.2, 0.25) is 0 Å². The number of esters is 1. The summed E-state index contributed by atoms with van der Waals surface area (Å²) in [6.45, 7) is 0.488. The Morgan fingerprint density at radius 1 is 0.771 bits per heavy atom. The van der Waals surface area contributed by atoms with Gasteiger partial charge in [-0.2, -0.15) is 0 Å². The molecule has 0 radical (unpaired) electrons. The van der Waals surface area contributed by atoms with Gasteiger partial charge in [0, 0.05) is 17.2 Å². The molecule has 3 rings (SSSR count). The summed E-state index contributed by atoms with van der Waals surface area (Å²) in [7, 11) is 6.17. The predicted molar refractivity (Wildman–Crippen MR) is 131 cm³/mol. The fourth-order valence-corrected chi connectivity index (χ4v) is 3.55. The van der Waals surface area contributed by atoms with Gasteiger partial charge in [0.05, 0.1) is 41.7 Å². The maximum Gasteiger partial charge on any atom is 0.328 e. The molecule has 0 saturated carbocycles. The van der Waals surface area contributed by atoms with Crippen molar-refractivity contribution in [1.82, 2.24) is 0 Å². The number of carbonyl (C=O) groups excluding carboxylic acids is 1. The Bertz CT molecular complexity index is 1120. The predicted octanol–water partition coefficient (Wildman–Crippen LogP) is 3.91. The molecule has 0 aliphatic rings. The number of ether oxygens (including phenoxy) is 6. The molecule has 0 fully saturated rings. The normalized spacial score (nSPS) is 11.5. The third-order valence-electron chi connectivity index (χ3n) is 5.39. The molecule has 0 aliphatic carbocycles. The molecular weight excluding hydrogens is 450 g/mol. The van der Waals surface area contributed by atoms with Crippen molar-refractivity contribution in [3.63, 3.8) is 0 Å². The van der Waals surface area contributed by atoms with E-state index < -0.39 is 12.0 Å². The second kappa shape index (κ2) is 12.6. The highest BCUT2D eigenvalue weighted by Gasteiger charge is 2.23. The zero-order valence-electron chi connectivity index (χ0n) is 20.4. The summed E-state index contributed by atoms with van der Waals surface area (Å²) >= 11 is 0. The Morgan fingerprint density at radius 3 is 2.11 bits per heavy atom. The first-order chi connectivity index (χ1) is 17.0. The van der Waals surface area contributed by atoms with Gasteiger partial charge in [-0.15, -0.1) is 0 Å². The van der Waals surface area contributed by atoms with Gasteiger partial charge in [0.2, 0.25) is 5.75 Å². The number of benzene rings is 3. The third kappa shape index (κ3) is 6.65. The van der Waals surface area contributed by atoms with Crippen LogP contribution in [0, 0.1) is 0 Å². The molecule has 35 heavy (non-hydrogen) atoms. The van der Waals surface area contributed by atoms with Crippen molar-refractivity contribution < 1.29 is 33.2 Å². The minimum atomic E-state index is -0.853. The summed E-state index contributed by atoms with van der Waals surface area (Å²) < 4.78 is 33.2. The molecule has 8 heteroatoms. The Balaban J connectivity index is 1.74. The number of nitrogens with two attached hydrogens (primary N) is 1. The highest BCUT2D eigenvalue weighted by molar-refractivity contribution is 5.80. The Labute approximate surface area is 205 Å². The van der Waals surface area contributed by atoms with E-state index in [1.807, 2.05) is 42.5 Å². The second-order valence-electron chi connectivity index (χ2n) is 7.68. The molecule has 3 aromatic carbocycles. The molecule has 0 spiro atoms. The van der Waals surface area contributed by atoms with Crippen molar-refractivity contribution in [2.24, 2.45) is 5.73 Å². The first-order valence-corrected chi connectivity index (χ1v) is 11.0. The van der Waals surface area contributed by atoms with E-state index in [1.54, 1.807) is 32.4 Å². The van der Waals surface area contributed by atoms with Crippen molar-refractivity contribution in [2.75, 3.05) is 28.4 Å². The van der Waals surface area contributed by atoms with Gasteiger partial charge in [-0.3, -0.25) is 0 Å². The monoisotopic (exact) mass is 481 g/mol. The van der Waals surface area contributed by atoms with E-state index in [2.05, 4.69) is 0 Å². The van der Waals surface area contributed by atoms with Gasteiger partial charge >= 0.3 is 5.97 Å². The van der Waals surface area contributed by atoms with Crippen molar-refractivity contribution >= 4 is 5.97 Å². The number of hydrogen-bond donors (Lipinski definition) is 1. The lowest BCUT2D eigenvalue weighted by molar-refractivity contribution is -0.136. The molecule has 1 unspecified atom stereocenters. The fraction of sp³-hybridized carbons (Fsp3) is 0.296. The van der Waals surface area contributed by atoms with E-state index in [-0.39, 0.29) is 12.4 Å². The molecule has 8 nitrogen and oxygen atoms in total. The fourth-order valence-electron chi connectivity index (χ4n) is 3.55. The number of carbonyl (C=O) groups is 1. The lowest BCUT2D eigenvalue weighted by Crippen LogP contribution is -2.36. The summed E-state index contributed by atoms with van der Waals surface area (Å²) in [6.07, 6.45) is 0.344. The molecule has 2 N–H and O–H groups in total. The molecule has 186 valence electrons. The highest BCUT2D eigenvalue weighted by Crippen LogP contribution is 2.41. The van der Waals surface area contributed by atoms with Crippen LogP contribution in [0.3, 0.4) is 0 Å². The summed E-state index contributed by atoms with van der Waals surface area (Å²) in [4.78, 5) is 12.8. The minimum Gasteiger partial charge on any atom is -0.497 e. The van der Waals surface area contributed by atoms with Crippen LogP contribution >= 0.6 is 0 Å². The van der Waals surface area contributed by atoms with Crippen LogP contribution in [0.4, 0.5) is 0 Å². The van der Waals surface area contributed by atoms with Gasteiger partial charge < -0.3 is 34.2 Å². The molecule has 0 aromatic heterocycles. The van der Waals surface area contributed by atoms with Gasteiger partial charge in [0.15, 0.2) is 11.5 Å². The van der Waals surface area contributed by atoms with Crippen LogP contribution in [0.15, 0.2) is 60.7 Å². The van der Waals surface area contributed by atoms with Gasteiger partial charge in [-0.1, -0.05) is 30.3 Å². The first kappa shape index (κ1) is 25.9. The minimum absolute atomic E-state index is 0.159. The average molecular weight is 482 g/mol.